The van der Waals surface area contributed by atoms with E-state index < -0.39 is 16.9 Å². The molecule has 0 fully saturated rings. The van der Waals surface area contributed by atoms with Crippen molar-refractivity contribution in [3.63, 3.8) is 0 Å². The van der Waals surface area contributed by atoms with E-state index >= 15 is 0 Å². The van der Waals surface area contributed by atoms with Crippen LogP contribution in [0.1, 0.15) is 30.6 Å². The Labute approximate surface area is 167 Å². The number of rotatable bonds is 9. The Morgan fingerprint density at radius 1 is 1.36 bits per heavy atom. The van der Waals surface area contributed by atoms with Crippen molar-refractivity contribution >= 4 is 29.1 Å². The zero-order valence-corrected chi connectivity index (χ0v) is 16.3. The lowest BCUT2D eigenvalue weighted by Crippen LogP contribution is -2.50. The number of halogens is 1. The van der Waals surface area contributed by atoms with Crippen molar-refractivity contribution in [2.45, 2.75) is 32.9 Å². The van der Waals surface area contributed by atoms with E-state index in [9.17, 15) is 19.7 Å². The average molecular weight is 408 g/mol. The van der Waals surface area contributed by atoms with Gasteiger partial charge in [0.25, 0.3) is 11.6 Å². The first-order valence-electron chi connectivity index (χ1n) is 8.79. The van der Waals surface area contributed by atoms with Crippen LogP contribution < -0.4 is 10.6 Å². The van der Waals surface area contributed by atoms with E-state index in [4.69, 9.17) is 11.6 Å². The first-order valence-corrected chi connectivity index (χ1v) is 9.17. The van der Waals surface area contributed by atoms with E-state index in [1.807, 2.05) is 26.1 Å². The summed E-state index contributed by atoms with van der Waals surface area (Å²) in [5, 5.41) is 20.3. The highest BCUT2D eigenvalue weighted by molar-refractivity contribution is 6.34. The van der Waals surface area contributed by atoms with Gasteiger partial charge in [-0.15, -0.1) is 0 Å². The maximum absolute atomic E-state index is 12.5. The van der Waals surface area contributed by atoms with E-state index in [-0.39, 0.29) is 28.1 Å². The molecule has 9 nitrogen and oxygen atoms in total. The molecule has 2 N–H and O–H groups in total. The predicted octanol–water partition coefficient (Wildman–Crippen LogP) is 2.41. The first-order chi connectivity index (χ1) is 13.3. The minimum atomic E-state index is -0.761. The summed E-state index contributed by atoms with van der Waals surface area (Å²) in [4.78, 5) is 35.1. The molecule has 150 valence electrons. The average Bonchev–Trinajstić information content (AvgIpc) is 3.15. The SMILES string of the molecule is CC(C)[C@H](NC(=O)c1ccc([N+](=O)[O-])cc1Cl)C(=O)NCCCn1cccn1. The number of nitro benzene ring substituents is 1. The van der Waals surface area contributed by atoms with Crippen LogP contribution in [0.2, 0.25) is 5.02 Å². The van der Waals surface area contributed by atoms with Gasteiger partial charge in [-0.25, -0.2) is 0 Å². The van der Waals surface area contributed by atoms with Gasteiger partial charge in [-0.3, -0.25) is 24.4 Å². The first kappa shape index (κ1) is 21.4. The van der Waals surface area contributed by atoms with Crippen LogP contribution in [0.25, 0.3) is 0 Å². The van der Waals surface area contributed by atoms with Crippen LogP contribution >= 0.6 is 11.6 Å². The number of benzene rings is 1. The Morgan fingerprint density at radius 3 is 2.68 bits per heavy atom. The lowest BCUT2D eigenvalue weighted by atomic mass is 10.0. The predicted molar refractivity (Wildman–Crippen MR) is 104 cm³/mol. The third-order valence-electron chi connectivity index (χ3n) is 4.07. The van der Waals surface area contributed by atoms with Crippen molar-refractivity contribution in [2.24, 2.45) is 5.92 Å². The fraction of sp³-hybridized carbons (Fsp3) is 0.389. The Hall–Kier alpha value is -2.94. The highest BCUT2D eigenvalue weighted by atomic mass is 35.5. The molecule has 1 aromatic carbocycles. The van der Waals surface area contributed by atoms with Crippen LogP contribution in [0.5, 0.6) is 0 Å². The van der Waals surface area contributed by atoms with Crippen LogP contribution in [-0.4, -0.2) is 39.1 Å². The van der Waals surface area contributed by atoms with Gasteiger partial charge in [0.1, 0.15) is 6.04 Å². The van der Waals surface area contributed by atoms with Crippen molar-refractivity contribution in [1.29, 1.82) is 0 Å². The normalized spacial score (nSPS) is 11.9. The van der Waals surface area contributed by atoms with Gasteiger partial charge in [0.15, 0.2) is 0 Å². The number of nitrogens with zero attached hydrogens (tertiary/aromatic N) is 3. The molecule has 2 rings (SSSR count). The number of aryl methyl sites for hydroxylation is 1. The lowest BCUT2D eigenvalue weighted by Gasteiger charge is -2.22. The Balaban J connectivity index is 1.94. The number of amides is 2. The topological polar surface area (TPSA) is 119 Å². The molecule has 10 heteroatoms. The van der Waals surface area contributed by atoms with E-state index in [0.29, 0.717) is 19.5 Å². The van der Waals surface area contributed by atoms with Gasteiger partial charge in [-0.05, 0) is 24.5 Å². The number of aromatic nitrogens is 2. The largest absolute Gasteiger partial charge is 0.354 e. The molecule has 0 aliphatic carbocycles. The van der Waals surface area contributed by atoms with Gasteiger partial charge >= 0.3 is 0 Å². The molecule has 1 heterocycles. The van der Waals surface area contributed by atoms with E-state index in [1.165, 1.54) is 12.1 Å². The molecule has 2 aromatic rings. The maximum atomic E-state index is 12.5. The minimum absolute atomic E-state index is 0.0474. The third-order valence-corrected chi connectivity index (χ3v) is 4.38. The number of carbonyl (C=O) groups is 2. The highest BCUT2D eigenvalue weighted by Crippen LogP contribution is 2.22. The molecule has 0 bridgehead atoms. The zero-order chi connectivity index (χ0) is 20.7. The Morgan fingerprint density at radius 2 is 2.11 bits per heavy atom. The molecule has 1 aromatic heterocycles. The Bertz CT molecular complexity index is 839. The number of hydrogen-bond acceptors (Lipinski definition) is 5. The second-order valence-corrected chi connectivity index (χ2v) is 6.94. The van der Waals surface area contributed by atoms with Crippen molar-refractivity contribution in [3.05, 3.63) is 57.4 Å². The number of nitro groups is 1. The molecule has 0 unspecified atom stereocenters. The second-order valence-electron chi connectivity index (χ2n) is 6.53. The summed E-state index contributed by atoms with van der Waals surface area (Å²) >= 11 is 5.99. The molecule has 0 spiro atoms. The summed E-state index contributed by atoms with van der Waals surface area (Å²) in [7, 11) is 0. The molecule has 0 aliphatic heterocycles. The summed E-state index contributed by atoms with van der Waals surface area (Å²) in [6.07, 6.45) is 4.22. The summed E-state index contributed by atoms with van der Waals surface area (Å²) in [6, 6.07) is 4.64. The van der Waals surface area contributed by atoms with Crippen molar-refractivity contribution < 1.29 is 14.5 Å². The molecule has 0 saturated carbocycles. The van der Waals surface area contributed by atoms with Crippen molar-refractivity contribution in [1.82, 2.24) is 20.4 Å². The van der Waals surface area contributed by atoms with E-state index in [2.05, 4.69) is 15.7 Å². The number of hydrogen-bond donors (Lipinski definition) is 2. The molecule has 2 amide bonds. The van der Waals surface area contributed by atoms with Gasteiger partial charge in [0, 0.05) is 37.6 Å². The van der Waals surface area contributed by atoms with E-state index in [1.54, 1.807) is 10.9 Å². The van der Waals surface area contributed by atoms with Gasteiger partial charge in [-0.1, -0.05) is 25.4 Å². The quantitative estimate of drug-likeness (QED) is 0.376. The van der Waals surface area contributed by atoms with E-state index in [0.717, 1.165) is 6.07 Å². The lowest BCUT2D eigenvalue weighted by molar-refractivity contribution is -0.384. The smallest absolute Gasteiger partial charge is 0.270 e. The monoisotopic (exact) mass is 407 g/mol. The van der Waals surface area contributed by atoms with Crippen LogP contribution in [-0.2, 0) is 11.3 Å². The van der Waals surface area contributed by atoms with Crippen molar-refractivity contribution in [2.75, 3.05) is 6.54 Å². The molecular formula is C18H22ClN5O4. The Kier molecular flexibility index (Phi) is 7.51. The molecule has 0 radical (unpaired) electrons. The fourth-order valence-corrected chi connectivity index (χ4v) is 2.81. The molecular weight excluding hydrogens is 386 g/mol. The summed E-state index contributed by atoms with van der Waals surface area (Å²) in [6.45, 7) is 4.73. The summed E-state index contributed by atoms with van der Waals surface area (Å²) < 4.78 is 1.77. The summed E-state index contributed by atoms with van der Waals surface area (Å²) in [5.74, 6) is -1.03. The van der Waals surface area contributed by atoms with Gasteiger partial charge < -0.3 is 10.6 Å². The molecule has 28 heavy (non-hydrogen) atoms. The second kappa shape index (κ2) is 9.84. The molecule has 1 atom stereocenters. The van der Waals surface area contributed by atoms with Crippen LogP contribution in [0.3, 0.4) is 0 Å². The zero-order valence-electron chi connectivity index (χ0n) is 15.6. The third kappa shape index (κ3) is 5.78. The van der Waals surface area contributed by atoms with Crippen LogP contribution in [0.15, 0.2) is 36.7 Å². The standard InChI is InChI=1S/C18H22ClN5O4/c1-12(2)16(18(26)20-7-3-9-23-10-4-8-21-23)22-17(25)14-6-5-13(24(27)28)11-15(14)19/h4-6,8,10-12,16H,3,7,9H2,1-2H3,(H,20,26)(H,22,25)/t16-/m0/s1. The van der Waals surface area contributed by atoms with Gasteiger partial charge in [0.05, 0.1) is 15.5 Å². The van der Waals surface area contributed by atoms with Crippen LogP contribution in [0.4, 0.5) is 5.69 Å². The van der Waals surface area contributed by atoms with Gasteiger partial charge in [-0.2, -0.15) is 5.10 Å². The summed E-state index contributed by atoms with van der Waals surface area (Å²) in [5.41, 5.74) is -0.138. The fourth-order valence-electron chi connectivity index (χ4n) is 2.55. The van der Waals surface area contributed by atoms with Gasteiger partial charge in [0.2, 0.25) is 5.91 Å². The highest BCUT2D eigenvalue weighted by Gasteiger charge is 2.25. The molecule has 0 aliphatic rings. The number of non-ortho nitro benzene ring substituents is 1. The maximum Gasteiger partial charge on any atom is 0.270 e. The van der Waals surface area contributed by atoms with Crippen molar-refractivity contribution in [3.8, 4) is 0 Å². The minimum Gasteiger partial charge on any atom is -0.354 e. The number of nitrogens with one attached hydrogen (secondary N) is 2. The van der Waals surface area contributed by atoms with Crippen LogP contribution in [0, 0.1) is 16.0 Å². The molecule has 0 saturated heterocycles. The number of carbonyl (C=O) groups excluding carboxylic acids is 2.